The Morgan fingerprint density at radius 2 is 2.08 bits per heavy atom. The summed E-state index contributed by atoms with van der Waals surface area (Å²) in [6.45, 7) is 4.00. The molecule has 1 saturated heterocycles. The first-order valence-electron chi connectivity index (χ1n) is 7.90. The first-order valence-corrected chi connectivity index (χ1v) is 9.51. The van der Waals surface area contributed by atoms with Crippen LogP contribution in [0.15, 0.2) is 24.3 Å². The van der Waals surface area contributed by atoms with E-state index < -0.39 is 27.9 Å². The van der Waals surface area contributed by atoms with Gasteiger partial charge in [-0.25, -0.2) is 13.2 Å². The van der Waals surface area contributed by atoms with Crippen molar-refractivity contribution in [2.75, 3.05) is 16.6 Å². The van der Waals surface area contributed by atoms with Crippen LogP contribution in [0.5, 0.6) is 0 Å². The summed E-state index contributed by atoms with van der Waals surface area (Å²) >= 11 is 0. The van der Waals surface area contributed by atoms with Gasteiger partial charge in [0.25, 0.3) is 5.91 Å². The highest BCUT2D eigenvalue weighted by atomic mass is 32.2. The van der Waals surface area contributed by atoms with E-state index in [1.165, 1.54) is 16.4 Å². The smallest absolute Gasteiger partial charge is 0.326 e. The van der Waals surface area contributed by atoms with Crippen LogP contribution in [0.3, 0.4) is 0 Å². The molecular formula is C16H22N2O5S. The first-order chi connectivity index (χ1) is 11.3. The van der Waals surface area contributed by atoms with Gasteiger partial charge in [-0.2, -0.15) is 0 Å². The van der Waals surface area contributed by atoms with Crippen LogP contribution >= 0.6 is 0 Å². The molecule has 2 unspecified atom stereocenters. The number of hydrogen-bond acceptors (Lipinski definition) is 4. The van der Waals surface area contributed by atoms with Crippen LogP contribution in [0.1, 0.15) is 37.0 Å². The average Bonchev–Trinajstić information content (AvgIpc) is 2.90. The maximum Gasteiger partial charge on any atom is 0.326 e. The van der Waals surface area contributed by atoms with Crippen LogP contribution in [0.25, 0.3) is 0 Å². The van der Waals surface area contributed by atoms with E-state index in [2.05, 4.69) is 5.32 Å². The molecular weight excluding hydrogens is 332 g/mol. The van der Waals surface area contributed by atoms with Crippen LogP contribution in [0, 0.1) is 5.92 Å². The van der Waals surface area contributed by atoms with Crippen LogP contribution in [-0.2, 0) is 14.8 Å². The molecule has 0 radical (unpaired) electrons. The lowest BCUT2D eigenvalue weighted by Crippen LogP contribution is -2.45. The number of nitrogens with zero attached hydrogens (tertiary/aromatic N) is 1. The zero-order valence-corrected chi connectivity index (χ0v) is 14.5. The molecule has 1 aromatic carbocycles. The van der Waals surface area contributed by atoms with Crippen LogP contribution < -0.4 is 9.62 Å². The minimum atomic E-state index is -3.33. The van der Waals surface area contributed by atoms with Crippen molar-refractivity contribution in [3.63, 3.8) is 0 Å². The highest BCUT2D eigenvalue weighted by Gasteiger charge is 2.29. The molecule has 0 spiro atoms. The number of benzene rings is 1. The van der Waals surface area contributed by atoms with Crippen LogP contribution in [-0.4, -0.2) is 43.7 Å². The number of nitrogens with one attached hydrogen (secondary N) is 1. The highest BCUT2D eigenvalue weighted by molar-refractivity contribution is 7.93. The maximum absolute atomic E-state index is 12.4. The van der Waals surface area contributed by atoms with Gasteiger partial charge in [-0.1, -0.05) is 26.3 Å². The number of aliphatic carboxylic acids is 1. The minimum Gasteiger partial charge on any atom is -0.480 e. The van der Waals surface area contributed by atoms with E-state index >= 15 is 0 Å². The molecule has 1 aliphatic rings. The van der Waals surface area contributed by atoms with E-state index in [4.69, 9.17) is 0 Å². The molecule has 1 amide bonds. The number of anilines is 1. The Bertz CT molecular complexity index is 732. The summed E-state index contributed by atoms with van der Waals surface area (Å²) in [4.78, 5) is 23.7. The molecule has 1 aromatic rings. The molecule has 2 rings (SSSR count). The van der Waals surface area contributed by atoms with Crippen molar-refractivity contribution >= 4 is 27.6 Å². The predicted molar refractivity (Wildman–Crippen MR) is 90.5 cm³/mol. The molecule has 0 aromatic heterocycles. The topological polar surface area (TPSA) is 104 Å². The number of amides is 1. The molecule has 0 saturated carbocycles. The lowest BCUT2D eigenvalue weighted by atomic mass is 9.99. The van der Waals surface area contributed by atoms with Crippen molar-refractivity contribution in [1.29, 1.82) is 0 Å². The van der Waals surface area contributed by atoms with Crippen molar-refractivity contribution in [2.24, 2.45) is 5.92 Å². The van der Waals surface area contributed by atoms with Gasteiger partial charge in [0.05, 0.1) is 11.4 Å². The Balaban J connectivity index is 2.22. The highest BCUT2D eigenvalue weighted by Crippen LogP contribution is 2.24. The summed E-state index contributed by atoms with van der Waals surface area (Å²) in [5, 5.41) is 11.8. The van der Waals surface area contributed by atoms with E-state index in [9.17, 15) is 23.1 Å². The third kappa shape index (κ3) is 3.87. The van der Waals surface area contributed by atoms with Gasteiger partial charge in [-0.15, -0.1) is 0 Å². The Morgan fingerprint density at radius 3 is 2.62 bits per heavy atom. The second-order valence-corrected chi connectivity index (χ2v) is 7.98. The molecule has 132 valence electrons. The fourth-order valence-electron chi connectivity index (χ4n) is 2.64. The quantitative estimate of drug-likeness (QED) is 0.805. The van der Waals surface area contributed by atoms with Crippen LogP contribution in [0.4, 0.5) is 5.69 Å². The van der Waals surface area contributed by atoms with Gasteiger partial charge in [0.1, 0.15) is 6.04 Å². The zero-order chi connectivity index (χ0) is 17.9. The summed E-state index contributed by atoms with van der Waals surface area (Å²) in [7, 11) is -3.33. The summed E-state index contributed by atoms with van der Waals surface area (Å²) in [5.41, 5.74) is 0.666. The maximum atomic E-state index is 12.4. The number of carboxylic acids is 1. The molecule has 0 aliphatic carbocycles. The Kier molecular flexibility index (Phi) is 5.48. The largest absolute Gasteiger partial charge is 0.480 e. The third-order valence-corrected chi connectivity index (χ3v) is 6.13. The molecule has 1 heterocycles. The van der Waals surface area contributed by atoms with Crippen molar-refractivity contribution < 1.29 is 23.1 Å². The Labute approximate surface area is 141 Å². The van der Waals surface area contributed by atoms with Crippen molar-refractivity contribution in [2.45, 2.75) is 32.7 Å². The second kappa shape index (κ2) is 7.21. The molecule has 0 bridgehead atoms. The van der Waals surface area contributed by atoms with Gasteiger partial charge in [-0.3, -0.25) is 9.10 Å². The monoisotopic (exact) mass is 354 g/mol. The molecule has 2 atom stereocenters. The minimum absolute atomic E-state index is 0.0958. The van der Waals surface area contributed by atoms with E-state index in [1.54, 1.807) is 19.1 Å². The van der Waals surface area contributed by atoms with Gasteiger partial charge in [-0.05, 0) is 30.5 Å². The van der Waals surface area contributed by atoms with Gasteiger partial charge in [0.15, 0.2) is 0 Å². The molecule has 7 nitrogen and oxygen atoms in total. The second-order valence-electron chi connectivity index (χ2n) is 5.97. The molecule has 24 heavy (non-hydrogen) atoms. The fourth-order valence-corrected chi connectivity index (χ4v) is 4.20. The van der Waals surface area contributed by atoms with Gasteiger partial charge in [0, 0.05) is 12.1 Å². The van der Waals surface area contributed by atoms with Crippen molar-refractivity contribution in [3.8, 4) is 0 Å². The summed E-state index contributed by atoms with van der Waals surface area (Å²) in [6, 6.07) is 5.26. The number of carboxylic acid groups (broad SMARTS) is 1. The normalized spacial score (nSPS) is 18.8. The number of rotatable bonds is 6. The fraction of sp³-hybridized carbons (Fsp3) is 0.500. The van der Waals surface area contributed by atoms with Crippen molar-refractivity contribution in [3.05, 3.63) is 29.8 Å². The summed E-state index contributed by atoms with van der Waals surface area (Å²) in [5.74, 6) is -1.73. The van der Waals surface area contributed by atoms with E-state index in [-0.39, 0.29) is 17.2 Å². The molecule has 1 fully saturated rings. The summed E-state index contributed by atoms with van der Waals surface area (Å²) < 4.78 is 25.3. The SMILES string of the molecule is CCC(C)C(NC(=O)c1cccc(N2CCCS2(=O)=O)c1)C(=O)O. The lowest BCUT2D eigenvalue weighted by molar-refractivity contribution is -0.140. The van der Waals surface area contributed by atoms with E-state index in [0.29, 0.717) is 25.1 Å². The van der Waals surface area contributed by atoms with Crippen molar-refractivity contribution in [1.82, 2.24) is 5.32 Å². The summed E-state index contributed by atoms with van der Waals surface area (Å²) in [6.07, 6.45) is 1.16. The predicted octanol–water partition coefficient (Wildman–Crippen LogP) is 1.46. The average molecular weight is 354 g/mol. The Morgan fingerprint density at radius 1 is 1.38 bits per heavy atom. The molecule has 2 N–H and O–H groups in total. The third-order valence-electron chi connectivity index (χ3n) is 4.26. The number of carbonyl (C=O) groups is 2. The van der Waals surface area contributed by atoms with E-state index in [1.807, 2.05) is 6.92 Å². The van der Waals surface area contributed by atoms with Crippen LogP contribution in [0.2, 0.25) is 0 Å². The number of hydrogen-bond donors (Lipinski definition) is 2. The molecule has 8 heteroatoms. The van der Waals surface area contributed by atoms with E-state index in [0.717, 1.165) is 0 Å². The van der Waals surface area contributed by atoms with Gasteiger partial charge < -0.3 is 10.4 Å². The standard InChI is InChI=1S/C16H22N2O5S/c1-3-11(2)14(16(20)21)17-15(19)12-6-4-7-13(10-12)18-8-5-9-24(18,22)23/h4,6-7,10-11,14H,3,5,8-9H2,1-2H3,(H,17,19)(H,20,21). The van der Waals surface area contributed by atoms with Gasteiger partial charge >= 0.3 is 5.97 Å². The van der Waals surface area contributed by atoms with Gasteiger partial charge in [0.2, 0.25) is 10.0 Å². The molecule has 1 aliphatic heterocycles. The lowest BCUT2D eigenvalue weighted by Gasteiger charge is -2.21. The number of sulfonamides is 1. The number of carbonyl (C=O) groups excluding carboxylic acids is 1. The first kappa shape index (κ1) is 18.3. The zero-order valence-electron chi connectivity index (χ0n) is 13.7. The Hall–Kier alpha value is -2.09.